The number of benzene rings is 2. The molecular formula is C32H47N5O8. The second-order valence-corrected chi connectivity index (χ2v) is 11.2. The molecule has 0 saturated carbocycles. The lowest BCUT2D eigenvalue weighted by molar-refractivity contribution is -0.129. The van der Waals surface area contributed by atoms with Crippen molar-refractivity contribution in [3.05, 3.63) is 65.7 Å². The Morgan fingerprint density at radius 1 is 0.756 bits per heavy atom. The topological polar surface area (TPSA) is 168 Å². The van der Waals surface area contributed by atoms with Crippen molar-refractivity contribution in [1.82, 2.24) is 26.4 Å². The molecule has 4 unspecified atom stereocenters. The molecule has 0 aromatic heterocycles. The maximum Gasteiger partial charge on any atom is 0.407 e. The van der Waals surface area contributed by atoms with Gasteiger partial charge in [0.1, 0.15) is 17.8 Å². The largest absolute Gasteiger partial charge is 0.497 e. The smallest absolute Gasteiger partial charge is 0.407 e. The predicted octanol–water partition coefficient (Wildman–Crippen LogP) is 2.90. The molecule has 0 spiro atoms. The van der Waals surface area contributed by atoms with E-state index in [1.54, 1.807) is 76.2 Å². The van der Waals surface area contributed by atoms with Crippen molar-refractivity contribution in [3.8, 4) is 5.75 Å². The quantitative estimate of drug-likeness (QED) is 0.175. The number of ether oxygens (including phenoxy) is 3. The average Bonchev–Trinajstić information content (AvgIpc) is 3.03. The molecule has 2 aromatic carbocycles. The van der Waals surface area contributed by atoms with Crippen molar-refractivity contribution in [3.63, 3.8) is 0 Å². The SMILES string of the molecule is COC(=O)NC(C(=O)NC(c1ccccc1)C(O)CCN(Cc1ccc(OC)cc1)NC(=O)C(NC(=O)OC)C(C)C)C(C)C. The second kappa shape index (κ2) is 18.4. The van der Waals surface area contributed by atoms with Crippen molar-refractivity contribution < 1.29 is 38.5 Å². The predicted molar refractivity (Wildman–Crippen MR) is 168 cm³/mol. The molecule has 13 heteroatoms. The van der Waals surface area contributed by atoms with Gasteiger partial charge in [0.25, 0.3) is 5.91 Å². The van der Waals surface area contributed by atoms with Crippen molar-refractivity contribution in [2.24, 2.45) is 11.8 Å². The third-order valence-corrected chi connectivity index (χ3v) is 7.15. The molecule has 13 nitrogen and oxygen atoms in total. The van der Waals surface area contributed by atoms with Crippen LogP contribution in [0, 0.1) is 11.8 Å². The summed E-state index contributed by atoms with van der Waals surface area (Å²) >= 11 is 0. The lowest BCUT2D eigenvalue weighted by Gasteiger charge is -2.31. The Morgan fingerprint density at radius 3 is 1.78 bits per heavy atom. The van der Waals surface area contributed by atoms with Crippen LogP contribution in [-0.4, -0.2) is 80.2 Å². The van der Waals surface area contributed by atoms with Gasteiger partial charge in [-0.25, -0.2) is 14.6 Å². The monoisotopic (exact) mass is 629 g/mol. The Balaban J connectivity index is 2.30. The van der Waals surface area contributed by atoms with E-state index in [2.05, 4.69) is 30.8 Å². The number of hydrazine groups is 1. The fourth-order valence-corrected chi connectivity index (χ4v) is 4.55. The third kappa shape index (κ3) is 11.9. The van der Waals surface area contributed by atoms with Crippen molar-refractivity contribution >= 4 is 24.0 Å². The summed E-state index contributed by atoms with van der Waals surface area (Å²) in [6, 6.07) is 13.7. The van der Waals surface area contributed by atoms with E-state index in [0.29, 0.717) is 11.3 Å². The van der Waals surface area contributed by atoms with Gasteiger partial charge in [0.05, 0.1) is 33.5 Å². The molecule has 0 aliphatic carbocycles. The Morgan fingerprint density at radius 2 is 1.29 bits per heavy atom. The molecule has 0 bridgehead atoms. The highest BCUT2D eigenvalue weighted by Crippen LogP contribution is 2.21. The summed E-state index contributed by atoms with van der Waals surface area (Å²) in [4.78, 5) is 50.5. The van der Waals surface area contributed by atoms with Gasteiger partial charge in [0.2, 0.25) is 5.91 Å². The van der Waals surface area contributed by atoms with Gasteiger partial charge in [-0.2, -0.15) is 0 Å². The number of hydrogen-bond donors (Lipinski definition) is 5. The minimum atomic E-state index is -1.09. The van der Waals surface area contributed by atoms with Crippen molar-refractivity contribution in [2.75, 3.05) is 27.9 Å². The zero-order valence-corrected chi connectivity index (χ0v) is 27.0. The number of nitrogens with one attached hydrogen (secondary N) is 4. The summed E-state index contributed by atoms with van der Waals surface area (Å²) in [6.07, 6.45) is -2.44. The van der Waals surface area contributed by atoms with E-state index in [1.807, 2.05) is 18.2 Å². The van der Waals surface area contributed by atoms with E-state index in [0.717, 1.165) is 5.56 Å². The number of hydrogen-bond acceptors (Lipinski definition) is 9. The Labute approximate surface area is 264 Å². The summed E-state index contributed by atoms with van der Waals surface area (Å²) in [7, 11) is 4.01. The van der Waals surface area contributed by atoms with Crippen LogP contribution in [0.1, 0.15) is 51.3 Å². The molecule has 248 valence electrons. The van der Waals surface area contributed by atoms with Crippen molar-refractivity contribution in [1.29, 1.82) is 0 Å². The maximum absolute atomic E-state index is 13.3. The van der Waals surface area contributed by atoms with Crippen LogP contribution in [0.25, 0.3) is 0 Å². The first-order valence-electron chi connectivity index (χ1n) is 14.8. The first-order valence-corrected chi connectivity index (χ1v) is 14.8. The number of carbonyl (C=O) groups excluding carboxylic acids is 4. The molecule has 0 fully saturated rings. The van der Waals surface area contributed by atoms with Gasteiger partial charge in [-0.1, -0.05) is 70.2 Å². The Kier molecular flexibility index (Phi) is 15.1. The van der Waals surface area contributed by atoms with Crippen LogP contribution in [0.15, 0.2) is 54.6 Å². The van der Waals surface area contributed by atoms with E-state index in [4.69, 9.17) is 4.74 Å². The van der Waals surface area contributed by atoms with Crippen LogP contribution in [0.5, 0.6) is 5.75 Å². The minimum absolute atomic E-state index is 0.129. The second-order valence-electron chi connectivity index (χ2n) is 11.2. The standard InChI is InChI=1S/C32H47N5O8/c1-20(2)26(34-31(41)44-6)29(39)33-28(23-11-9-8-10-12-23)25(38)17-18-37(19-22-13-15-24(43-5)16-14-22)36-30(40)27(21(3)4)35-32(42)45-7/h8-16,20-21,25-28,38H,17-19H2,1-7H3,(H,33,39)(H,34,41)(H,35,42)(H,36,40). The average molecular weight is 630 g/mol. The molecule has 0 heterocycles. The van der Waals surface area contributed by atoms with Crippen LogP contribution in [0.2, 0.25) is 0 Å². The fourth-order valence-electron chi connectivity index (χ4n) is 4.55. The first kappa shape index (κ1) is 36.8. The summed E-state index contributed by atoms with van der Waals surface area (Å²) in [5.41, 5.74) is 4.39. The Hall–Kier alpha value is -4.36. The highest BCUT2D eigenvalue weighted by atomic mass is 16.5. The van der Waals surface area contributed by atoms with Gasteiger partial charge in [-0.05, 0) is 41.5 Å². The lowest BCUT2D eigenvalue weighted by atomic mass is 9.97. The Bertz CT molecular complexity index is 1230. The summed E-state index contributed by atoms with van der Waals surface area (Å²) in [6.45, 7) is 7.61. The number of methoxy groups -OCH3 is 3. The van der Waals surface area contributed by atoms with Gasteiger partial charge in [0.15, 0.2) is 0 Å². The lowest BCUT2D eigenvalue weighted by Crippen LogP contribution is -2.55. The van der Waals surface area contributed by atoms with Gasteiger partial charge in [0, 0.05) is 13.1 Å². The minimum Gasteiger partial charge on any atom is -0.497 e. The van der Waals surface area contributed by atoms with Crippen molar-refractivity contribution in [2.45, 2.75) is 64.9 Å². The van der Waals surface area contributed by atoms with E-state index in [-0.39, 0.29) is 31.3 Å². The fraction of sp³-hybridized carbons (Fsp3) is 0.500. The third-order valence-electron chi connectivity index (χ3n) is 7.15. The number of aliphatic hydroxyl groups excluding tert-OH is 1. The molecular weight excluding hydrogens is 582 g/mol. The number of rotatable bonds is 16. The zero-order chi connectivity index (χ0) is 33.5. The van der Waals surface area contributed by atoms with E-state index < -0.39 is 48.2 Å². The molecule has 0 radical (unpaired) electrons. The van der Waals surface area contributed by atoms with E-state index in [9.17, 15) is 24.3 Å². The van der Waals surface area contributed by atoms with Crippen LogP contribution < -0.4 is 26.1 Å². The normalized spacial score (nSPS) is 13.8. The molecule has 2 rings (SSSR count). The molecule has 4 atom stereocenters. The van der Waals surface area contributed by atoms with Crippen LogP contribution in [0.3, 0.4) is 0 Å². The number of alkyl carbamates (subject to hydrolysis) is 2. The van der Waals surface area contributed by atoms with Crippen LogP contribution in [-0.2, 0) is 25.6 Å². The van der Waals surface area contributed by atoms with Gasteiger partial charge < -0.3 is 35.3 Å². The number of carbonyl (C=O) groups is 4. The number of amides is 4. The maximum atomic E-state index is 13.3. The molecule has 0 saturated heterocycles. The van der Waals surface area contributed by atoms with Gasteiger partial charge in [-0.3, -0.25) is 15.0 Å². The molecule has 5 N–H and O–H groups in total. The van der Waals surface area contributed by atoms with E-state index >= 15 is 0 Å². The van der Waals surface area contributed by atoms with Gasteiger partial charge >= 0.3 is 12.2 Å². The highest BCUT2D eigenvalue weighted by Gasteiger charge is 2.31. The van der Waals surface area contributed by atoms with Crippen LogP contribution >= 0.6 is 0 Å². The van der Waals surface area contributed by atoms with Gasteiger partial charge in [-0.15, -0.1) is 0 Å². The number of nitrogens with zero attached hydrogens (tertiary/aromatic N) is 1. The summed E-state index contributed by atoms with van der Waals surface area (Å²) in [5, 5.41) is 21.1. The summed E-state index contributed by atoms with van der Waals surface area (Å²) in [5.74, 6) is -0.779. The number of aliphatic hydroxyl groups is 1. The zero-order valence-electron chi connectivity index (χ0n) is 27.0. The summed E-state index contributed by atoms with van der Waals surface area (Å²) < 4.78 is 14.6. The molecule has 0 aliphatic heterocycles. The molecule has 2 aromatic rings. The highest BCUT2D eigenvalue weighted by molar-refractivity contribution is 5.86. The van der Waals surface area contributed by atoms with E-state index in [1.165, 1.54) is 14.2 Å². The van der Waals surface area contributed by atoms with Crippen LogP contribution in [0.4, 0.5) is 9.59 Å². The first-order chi connectivity index (χ1) is 21.4. The molecule has 45 heavy (non-hydrogen) atoms. The molecule has 0 aliphatic rings. The molecule has 4 amide bonds.